The summed E-state index contributed by atoms with van der Waals surface area (Å²) >= 11 is 1.36. The first-order valence-corrected chi connectivity index (χ1v) is 12.5. The Morgan fingerprint density at radius 3 is 2.55 bits per heavy atom. The van der Waals surface area contributed by atoms with E-state index in [0.717, 1.165) is 42.7 Å². The van der Waals surface area contributed by atoms with Crippen LogP contribution in [0, 0.1) is 0 Å². The zero-order valence-electron chi connectivity index (χ0n) is 18.5. The molecule has 7 heteroatoms. The van der Waals surface area contributed by atoms with Gasteiger partial charge in [0.05, 0.1) is 0 Å². The number of hydrogen-bond donors (Lipinski definition) is 1. The number of unbranched alkanes of at least 4 members (excludes halogenated alkanes) is 3. The molecule has 168 valence electrons. The Hall–Kier alpha value is -2.28. The van der Waals surface area contributed by atoms with E-state index in [-0.39, 0.29) is 24.3 Å². The fraction of sp³-hybridized carbons (Fsp3) is 0.583. The Labute approximate surface area is 189 Å². The van der Waals surface area contributed by atoms with Gasteiger partial charge in [0.25, 0.3) is 0 Å². The normalized spacial score (nSPS) is 14.4. The Kier molecular flexibility index (Phi) is 9.46. The first kappa shape index (κ1) is 23.4. The van der Waals surface area contributed by atoms with Gasteiger partial charge in [0.2, 0.25) is 16.9 Å². The number of benzene rings is 1. The molecule has 1 aromatic carbocycles. The summed E-state index contributed by atoms with van der Waals surface area (Å²) in [6.07, 6.45) is 11.0. The third kappa shape index (κ3) is 7.42. The number of carbonyl (C=O) groups is 2. The predicted molar refractivity (Wildman–Crippen MR) is 126 cm³/mol. The summed E-state index contributed by atoms with van der Waals surface area (Å²) in [7, 11) is 0. The van der Waals surface area contributed by atoms with Crippen LogP contribution in [0.1, 0.15) is 77.6 Å². The molecule has 0 unspecified atom stereocenters. The van der Waals surface area contributed by atoms with Gasteiger partial charge in [0.1, 0.15) is 5.01 Å². The Morgan fingerprint density at radius 1 is 1.03 bits per heavy atom. The standard InChI is InChI=1S/C24H34N4O2S/c1-2-3-4-11-16-22(30)28(20-14-9-6-10-15-20)18-17-21(29)25-24-27-26-23(31-24)19-12-7-5-8-13-19/h5,7-8,12-13,20H,2-4,6,9-11,14-18H2,1H3,(H,25,27,29). The van der Waals surface area contributed by atoms with Crippen LogP contribution in [0.25, 0.3) is 10.6 Å². The van der Waals surface area contributed by atoms with E-state index >= 15 is 0 Å². The molecule has 1 N–H and O–H groups in total. The summed E-state index contributed by atoms with van der Waals surface area (Å²) in [5.41, 5.74) is 0.984. The van der Waals surface area contributed by atoms with Gasteiger partial charge in [-0.25, -0.2) is 0 Å². The van der Waals surface area contributed by atoms with E-state index in [1.54, 1.807) is 0 Å². The van der Waals surface area contributed by atoms with Gasteiger partial charge in [-0.05, 0) is 19.3 Å². The van der Waals surface area contributed by atoms with Crippen molar-refractivity contribution in [1.82, 2.24) is 15.1 Å². The molecule has 1 aromatic heterocycles. The Bertz CT molecular complexity index is 818. The fourth-order valence-electron chi connectivity index (χ4n) is 4.13. The molecule has 0 saturated heterocycles. The van der Waals surface area contributed by atoms with Crippen molar-refractivity contribution in [2.24, 2.45) is 0 Å². The number of rotatable bonds is 11. The summed E-state index contributed by atoms with van der Waals surface area (Å²) in [6, 6.07) is 10.1. The maximum atomic E-state index is 12.9. The highest BCUT2D eigenvalue weighted by Crippen LogP contribution is 2.26. The molecule has 1 fully saturated rings. The van der Waals surface area contributed by atoms with Crippen molar-refractivity contribution in [3.8, 4) is 10.6 Å². The first-order chi connectivity index (χ1) is 15.2. The zero-order valence-corrected chi connectivity index (χ0v) is 19.3. The van der Waals surface area contributed by atoms with Crippen molar-refractivity contribution in [2.45, 2.75) is 83.6 Å². The number of nitrogens with zero attached hydrogens (tertiary/aromatic N) is 3. The third-order valence-corrected chi connectivity index (χ3v) is 6.74. The maximum Gasteiger partial charge on any atom is 0.227 e. The number of hydrogen-bond acceptors (Lipinski definition) is 5. The molecular formula is C24H34N4O2S. The lowest BCUT2D eigenvalue weighted by molar-refractivity contribution is -0.134. The van der Waals surface area contributed by atoms with Gasteiger partial charge in [-0.1, -0.05) is 87.1 Å². The molecule has 31 heavy (non-hydrogen) atoms. The van der Waals surface area contributed by atoms with Gasteiger partial charge in [-0.15, -0.1) is 10.2 Å². The van der Waals surface area contributed by atoms with Gasteiger partial charge in [-0.2, -0.15) is 0 Å². The lowest BCUT2D eigenvalue weighted by Gasteiger charge is -2.34. The average molecular weight is 443 g/mol. The molecular weight excluding hydrogens is 408 g/mol. The quantitative estimate of drug-likeness (QED) is 0.455. The zero-order chi connectivity index (χ0) is 21.9. The van der Waals surface area contributed by atoms with E-state index in [4.69, 9.17) is 0 Å². The maximum absolute atomic E-state index is 12.9. The highest BCUT2D eigenvalue weighted by molar-refractivity contribution is 7.18. The molecule has 0 radical (unpaired) electrons. The minimum Gasteiger partial charge on any atom is -0.339 e. The van der Waals surface area contributed by atoms with E-state index in [9.17, 15) is 9.59 Å². The molecule has 1 saturated carbocycles. The van der Waals surface area contributed by atoms with Crippen LogP contribution in [0.3, 0.4) is 0 Å². The molecule has 6 nitrogen and oxygen atoms in total. The topological polar surface area (TPSA) is 75.2 Å². The number of carbonyl (C=O) groups excluding carboxylic acids is 2. The molecule has 2 aromatic rings. The molecule has 0 aliphatic heterocycles. The highest BCUT2D eigenvalue weighted by atomic mass is 32.1. The second kappa shape index (κ2) is 12.5. The molecule has 0 atom stereocenters. The highest BCUT2D eigenvalue weighted by Gasteiger charge is 2.25. The Balaban J connectivity index is 1.53. The third-order valence-electron chi connectivity index (χ3n) is 5.85. The molecule has 3 rings (SSSR count). The minimum atomic E-state index is -0.115. The summed E-state index contributed by atoms with van der Waals surface area (Å²) in [4.78, 5) is 27.5. The van der Waals surface area contributed by atoms with Crippen molar-refractivity contribution < 1.29 is 9.59 Å². The van der Waals surface area contributed by atoms with Crippen LogP contribution in [0.5, 0.6) is 0 Å². The van der Waals surface area contributed by atoms with Crippen LogP contribution >= 0.6 is 11.3 Å². The average Bonchev–Trinajstić information content (AvgIpc) is 3.26. The molecule has 0 bridgehead atoms. The van der Waals surface area contributed by atoms with E-state index < -0.39 is 0 Å². The van der Waals surface area contributed by atoms with Crippen molar-refractivity contribution in [2.75, 3.05) is 11.9 Å². The van der Waals surface area contributed by atoms with Crippen molar-refractivity contribution in [3.05, 3.63) is 30.3 Å². The van der Waals surface area contributed by atoms with E-state index in [0.29, 0.717) is 18.1 Å². The van der Waals surface area contributed by atoms with Gasteiger partial charge < -0.3 is 10.2 Å². The number of anilines is 1. The van der Waals surface area contributed by atoms with Crippen LogP contribution in [-0.2, 0) is 9.59 Å². The van der Waals surface area contributed by atoms with Gasteiger partial charge >= 0.3 is 0 Å². The van der Waals surface area contributed by atoms with Gasteiger partial charge in [0, 0.05) is 31.0 Å². The lowest BCUT2D eigenvalue weighted by Crippen LogP contribution is -2.42. The molecule has 1 heterocycles. The predicted octanol–water partition coefficient (Wildman–Crippen LogP) is 5.67. The summed E-state index contributed by atoms with van der Waals surface area (Å²) < 4.78 is 0. The van der Waals surface area contributed by atoms with E-state index in [1.165, 1.54) is 37.0 Å². The van der Waals surface area contributed by atoms with Crippen molar-refractivity contribution >= 4 is 28.3 Å². The van der Waals surface area contributed by atoms with Crippen LogP contribution in [0.4, 0.5) is 5.13 Å². The Morgan fingerprint density at radius 2 is 1.81 bits per heavy atom. The van der Waals surface area contributed by atoms with Crippen molar-refractivity contribution in [3.63, 3.8) is 0 Å². The SMILES string of the molecule is CCCCCCC(=O)N(CCC(=O)Nc1nnc(-c2ccccc2)s1)C1CCCCC1. The molecule has 0 spiro atoms. The van der Waals surface area contributed by atoms with Gasteiger partial charge in [-0.3, -0.25) is 9.59 Å². The summed E-state index contributed by atoms with van der Waals surface area (Å²) in [6.45, 7) is 2.66. The van der Waals surface area contributed by atoms with Crippen LogP contribution in [0.15, 0.2) is 30.3 Å². The fourth-order valence-corrected chi connectivity index (χ4v) is 4.89. The van der Waals surface area contributed by atoms with Crippen LogP contribution in [-0.4, -0.2) is 39.5 Å². The monoisotopic (exact) mass is 442 g/mol. The summed E-state index contributed by atoms with van der Waals surface area (Å²) in [5.74, 6) is 0.0911. The molecule has 1 aliphatic carbocycles. The lowest BCUT2D eigenvalue weighted by atomic mass is 9.93. The largest absolute Gasteiger partial charge is 0.339 e. The molecule has 2 amide bonds. The molecule has 1 aliphatic rings. The minimum absolute atomic E-state index is 0.115. The number of nitrogens with one attached hydrogen (secondary N) is 1. The van der Waals surface area contributed by atoms with Crippen LogP contribution in [0.2, 0.25) is 0 Å². The first-order valence-electron chi connectivity index (χ1n) is 11.7. The van der Waals surface area contributed by atoms with E-state index in [2.05, 4.69) is 22.4 Å². The van der Waals surface area contributed by atoms with Crippen molar-refractivity contribution in [1.29, 1.82) is 0 Å². The number of amides is 2. The van der Waals surface area contributed by atoms with E-state index in [1.807, 2.05) is 35.2 Å². The summed E-state index contributed by atoms with van der Waals surface area (Å²) in [5, 5.41) is 12.4. The number of aromatic nitrogens is 2. The second-order valence-corrected chi connectivity index (χ2v) is 9.24. The smallest absolute Gasteiger partial charge is 0.227 e. The van der Waals surface area contributed by atoms with Crippen LogP contribution < -0.4 is 5.32 Å². The van der Waals surface area contributed by atoms with Gasteiger partial charge in [0.15, 0.2) is 0 Å². The second-order valence-electron chi connectivity index (χ2n) is 8.27.